The second kappa shape index (κ2) is 11.1. The van der Waals surface area contributed by atoms with Gasteiger partial charge in [0, 0.05) is 5.69 Å². The second-order valence-corrected chi connectivity index (χ2v) is 8.57. The number of amides is 2. The molecule has 0 saturated carbocycles. The summed E-state index contributed by atoms with van der Waals surface area (Å²) in [5.74, 6) is -2.28. The Morgan fingerprint density at radius 2 is 1.57 bits per heavy atom. The minimum atomic E-state index is -0.775. The monoisotopic (exact) mass is 518 g/mol. The Labute approximate surface area is 218 Å². The zero-order chi connectivity index (χ0) is 26.5. The lowest BCUT2D eigenvalue weighted by molar-refractivity contribution is -0.120. The SMILES string of the molecule is CCCOC(=O)c1ccccc1N1C(=O)C(Cl)=C(Nc2ccc(C(=O)Oc3ccc(C)cc3)cc2)C1=O. The fourth-order valence-corrected chi connectivity index (χ4v) is 3.76. The molecule has 0 aromatic heterocycles. The molecule has 4 rings (SSSR count). The number of esters is 2. The van der Waals surface area contributed by atoms with Gasteiger partial charge in [-0.05, 0) is 61.9 Å². The van der Waals surface area contributed by atoms with E-state index in [4.69, 9.17) is 21.1 Å². The van der Waals surface area contributed by atoms with Gasteiger partial charge >= 0.3 is 11.9 Å². The van der Waals surface area contributed by atoms with E-state index < -0.39 is 23.8 Å². The zero-order valence-electron chi connectivity index (χ0n) is 20.1. The van der Waals surface area contributed by atoms with E-state index in [9.17, 15) is 19.2 Å². The van der Waals surface area contributed by atoms with Crippen molar-refractivity contribution >= 4 is 46.7 Å². The van der Waals surface area contributed by atoms with Crippen LogP contribution in [0, 0.1) is 6.92 Å². The molecule has 37 heavy (non-hydrogen) atoms. The lowest BCUT2D eigenvalue weighted by Gasteiger charge is -2.18. The van der Waals surface area contributed by atoms with Crippen LogP contribution in [0.5, 0.6) is 5.75 Å². The molecule has 8 nitrogen and oxygen atoms in total. The van der Waals surface area contributed by atoms with Gasteiger partial charge in [0.1, 0.15) is 16.5 Å². The number of aryl methyl sites for hydroxylation is 1. The highest BCUT2D eigenvalue weighted by molar-refractivity contribution is 6.53. The van der Waals surface area contributed by atoms with Crippen molar-refractivity contribution in [3.63, 3.8) is 0 Å². The quantitative estimate of drug-likeness (QED) is 0.248. The van der Waals surface area contributed by atoms with Crippen LogP contribution < -0.4 is 15.0 Å². The molecule has 2 amide bonds. The lowest BCUT2D eigenvalue weighted by atomic mass is 10.1. The summed E-state index contributed by atoms with van der Waals surface area (Å²) in [5, 5.41) is 2.51. The smallest absolute Gasteiger partial charge is 0.343 e. The number of benzene rings is 3. The molecule has 1 N–H and O–H groups in total. The van der Waals surface area contributed by atoms with E-state index in [2.05, 4.69) is 5.32 Å². The predicted octanol–water partition coefficient (Wildman–Crippen LogP) is 5.22. The van der Waals surface area contributed by atoms with Crippen LogP contribution in [0.2, 0.25) is 0 Å². The fourth-order valence-electron chi connectivity index (χ4n) is 3.55. The van der Waals surface area contributed by atoms with Crippen molar-refractivity contribution in [2.24, 2.45) is 0 Å². The summed E-state index contributed by atoms with van der Waals surface area (Å²) in [4.78, 5) is 51.9. The van der Waals surface area contributed by atoms with Gasteiger partial charge in [-0.25, -0.2) is 14.5 Å². The van der Waals surface area contributed by atoms with Crippen LogP contribution in [0.15, 0.2) is 83.5 Å². The number of rotatable bonds is 8. The Kier molecular flexibility index (Phi) is 7.69. The van der Waals surface area contributed by atoms with Crippen LogP contribution >= 0.6 is 11.6 Å². The largest absolute Gasteiger partial charge is 0.462 e. The summed E-state index contributed by atoms with van der Waals surface area (Å²) in [6.45, 7) is 3.99. The highest BCUT2D eigenvalue weighted by Crippen LogP contribution is 2.32. The molecule has 0 radical (unpaired) electrons. The summed E-state index contributed by atoms with van der Waals surface area (Å²) < 4.78 is 10.5. The molecular weight excluding hydrogens is 496 g/mol. The van der Waals surface area contributed by atoms with Crippen LogP contribution in [0.1, 0.15) is 39.6 Å². The molecule has 0 atom stereocenters. The van der Waals surface area contributed by atoms with Crippen molar-refractivity contribution in [3.8, 4) is 5.75 Å². The molecule has 0 saturated heterocycles. The molecule has 3 aromatic rings. The maximum absolute atomic E-state index is 13.2. The number of hydrogen-bond donors (Lipinski definition) is 1. The molecule has 1 aliphatic rings. The molecule has 0 bridgehead atoms. The molecule has 9 heteroatoms. The number of imide groups is 1. The number of carbonyl (C=O) groups is 4. The molecule has 1 aliphatic heterocycles. The Morgan fingerprint density at radius 3 is 2.24 bits per heavy atom. The van der Waals surface area contributed by atoms with Gasteiger partial charge in [-0.3, -0.25) is 9.59 Å². The van der Waals surface area contributed by atoms with E-state index in [1.54, 1.807) is 36.4 Å². The third-order valence-electron chi connectivity index (χ3n) is 5.45. The van der Waals surface area contributed by atoms with Crippen LogP contribution in [0.25, 0.3) is 0 Å². The van der Waals surface area contributed by atoms with E-state index in [1.807, 2.05) is 26.0 Å². The van der Waals surface area contributed by atoms with E-state index in [0.29, 0.717) is 23.4 Å². The van der Waals surface area contributed by atoms with Gasteiger partial charge in [-0.15, -0.1) is 0 Å². The molecule has 0 unspecified atom stereocenters. The molecule has 0 fully saturated rings. The van der Waals surface area contributed by atoms with E-state index >= 15 is 0 Å². The normalized spacial score (nSPS) is 13.1. The van der Waals surface area contributed by atoms with Crippen LogP contribution in [0.3, 0.4) is 0 Å². The summed E-state index contributed by atoms with van der Waals surface area (Å²) in [6.07, 6.45) is 0.624. The molecular formula is C28H23ClN2O6. The second-order valence-electron chi connectivity index (χ2n) is 8.19. The molecule has 188 valence electrons. The number of nitrogens with one attached hydrogen (secondary N) is 1. The lowest BCUT2D eigenvalue weighted by Crippen LogP contribution is -2.33. The van der Waals surface area contributed by atoms with E-state index in [-0.39, 0.29) is 28.6 Å². The number of nitrogens with zero attached hydrogens (tertiary/aromatic N) is 1. The van der Waals surface area contributed by atoms with E-state index in [1.165, 1.54) is 24.3 Å². The Balaban J connectivity index is 1.50. The highest BCUT2D eigenvalue weighted by Gasteiger charge is 2.40. The van der Waals surface area contributed by atoms with Crippen LogP contribution in [0.4, 0.5) is 11.4 Å². The summed E-state index contributed by atoms with van der Waals surface area (Å²) in [6, 6.07) is 19.4. The number of para-hydroxylation sites is 1. The maximum Gasteiger partial charge on any atom is 0.343 e. The molecule has 0 spiro atoms. The minimum absolute atomic E-state index is 0.0693. The van der Waals surface area contributed by atoms with Crippen molar-refractivity contribution in [3.05, 3.63) is 100 Å². The maximum atomic E-state index is 13.2. The molecule has 0 aliphatic carbocycles. The zero-order valence-corrected chi connectivity index (χ0v) is 20.9. The average Bonchev–Trinajstić information content (AvgIpc) is 3.11. The first-order valence-electron chi connectivity index (χ1n) is 11.5. The van der Waals surface area contributed by atoms with Gasteiger partial charge in [-0.2, -0.15) is 0 Å². The topological polar surface area (TPSA) is 102 Å². The van der Waals surface area contributed by atoms with E-state index in [0.717, 1.165) is 10.5 Å². The standard InChI is InChI=1S/C28H23ClN2O6/c1-3-16-36-28(35)21-6-4-5-7-22(21)31-25(32)23(29)24(26(31)33)30-19-12-10-18(11-13-19)27(34)37-20-14-8-17(2)9-15-20/h4-15,30H,3,16H2,1-2H3. The highest BCUT2D eigenvalue weighted by atomic mass is 35.5. The Hall–Kier alpha value is -4.43. The summed E-state index contributed by atoms with van der Waals surface area (Å²) in [5.41, 5.74) is 1.74. The third-order valence-corrected chi connectivity index (χ3v) is 5.80. The third kappa shape index (κ3) is 5.54. The first-order valence-corrected chi connectivity index (χ1v) is 11.9. The number of anilines is 2. The molecule has 1 heterocycles. The van der Waals surface area contributed by atoms with Gasteiger partial charge in [0.25, 0.3) is 11.8 Å². The van der Waals surface area contributed by atoms with Crippen molar-refractivity contribution in [2.45, 2.75) is 20.3 Å². The van der Waals surface area contributed by atoms with Gasteiger partial charge < -0.3 is 14.8 Å². The first kappa shape index (κ1) is 25.7. The Bertz CT molecular complexity index is 1400. The minimum Gasteiger partial charge on any atom is -0.462 e. The van der Waals surface area contributed by atoms with Gasteiger partial charge in [-0.1, -0.05) is 48.4 Å². The summed E-state index contributed by atoms with van der Waals surface area (Å²) in [7, 11) is 0. The number of carbonyl (C=O) groups excluding carboxylic acids is 4. The van der Waals surface area contributed by atoms with Crippen LogP contribution in [-0.4, -0.2) is 30.4 Å². The first-order chi connectivity index (χ1) is 17.8. The number of hydrogen-bond acceptors (Lipinski definition) is 7. The van der Waals surface area contributed by atoms with Crippen molar-refractivity contribution in [2.75, 3.05) is 16.8 Å². The van der Waals surface area contributed by atoms with Gasteiger partial charge in [0.15, 0.2) is 0 Å². The fraction of sp³-hybridized carbons (Fsp3) is 0.143. The van der Waals surface area contributed by atoms with Crippen molar-refractivity contribution in [1.29, 1.82) is 0 Å². The summed E-state index contributed by atoms with van der Waals surface area (Å²) >= 11 is 6.23. The predicted molar refractivity (Wildman–Crippen MR) is 139 cm³/mol. The van der Waals surface area contributed by atoms with Gasteiger partial charge in [0.05, 0.1) is 23.4 Å². The average molecular weight is 519 g/mol. The van der Waals surface area contributed by atoms with Crippen molar-refractivity contribution in [1.82, 2.24) is 0 Å². The van der Waals surface area contributed by atoms with Crippen molar-refractivity contribution < 1.29 is 28.7 Å². The molecule has 3 aromatic carbocycles. The Morgan fingerprint density at radius 1 is 0.892 bits per heavy atom. The number of ether oxygens (including phenoxy) is 2. The number of halogens is 1. The van der Waals surface area contributed by atoms with Gasteiger partial charge in [0.2, 0.25) is 0 Å². The van der Waals surface area contributed by atoms with Crippen LogP contribution in [-0.2, 0) is 14.3 Å².